The van der Waals surface area contributed by atoms with Gasteiger partial charge in [0.2, 0.25) is 0 Å². The van der Waals surface area contributed by atoms with E-state index in [1.165, 1.54) is 0 Å². The predicted octanol–water partition coefficient (Wildman–Crippen LogP) is 1.12. The zero-order chi connectivity index (χ0) is 8.55. The van der Waals surface area contributed by atoms with Crippen molar-refractivity contribution in [3.63, 3.8) is 0 Å². The van der Waals surface area contributed by atoms with Crippen LogP contribution in [-0.2, 0) is 4.84 Å². The van der Waals surface area contributed by atoms with Crippen molar-refractivity contribution in [1.82, 2.24) is 5.17 Å². The van der Waals surface area contributed by atoms with Crippen molar-refractivity contribution < 1.29 is 9.87 Å². The van der Waals surface area contributed by atoms with Gasteiger partial charge in [0.15, 0.2) is 5.03 Å². The van der Waals surface area contributed by atoms with Gasteiger partial charge in [-0.25, -0.2) is 10.1 Å². The summed E-state index contributed by atoms with van der Waals surface area (Å²) < 4.78 is 0. The molecule has 0 spiro atoms. The third-order valence-corrected chi connectivity index (χ3v) is 1.61. The lowest BCUT2D eigenvalue weighted by Crippen LogP contribution is -2.06. The van der Waals surface area contributed by atoms with E-state index >= 15 is 0 Å². The van der Waals surface area contributed by atoms with Gasteiger partial charge in [0.1, 0.15) is 0 Å². The molecule has 0 saturated carbocycles. The van der Waals surface area contributed by atoms with Crippen LogP contribution in [-0.4, -0.2) is 10.2 Å². The van der Waals surface area contributed by atoms with E-state index in [4.69, 9.17) is 4.84 Å². The highest BCUT2D eigenvalue weighted by Crippen LogP contribution is 2.35. The molecule has 0 amide bonds. The molecule has 0 aliphatic carbocycles. The first-order valence-corrected chi connectivity index (χ1v) is 3.44. The summed E-state index contributed by atoms with van der Waals surface area (Å²) >= 11 is 0. The predicted molar refractivity (Wildman–Crippen MR) is 39.1 cm³/mol. The van der Waals surface area contributed by atoms with Crippen LogP contribution in [0, 0.1) is 10.1 Å². The first kappa shape index (κ1) is 7.05. The Kier molecular flexibility index (Phi) is 1.44. The minimum Gasteiger partial charge on any atom is -0.233 e. The Morgan fingerprint density at radius 1 is 1.42 bits per heavy atom. The zero-order valence-corrected chi connectivity index (χ0v) is 6.08. The molecule has 1 fully saturated rings. The lowest BCUT2D eigenvalue weighted by Gasteiger charge is -1.89. The van der Waals surface area contributed by atoms with Crippen molar-refractivity contribution in [2.75, 3.05) is 0 Å². The number of rotatable bonds is 2. The maximum Gasteiger partial charge on any atom is 0.275 e. The molecule has 1 aromatic carbocycles. The largest absolute Gasteiger partial charge is 0.275 e. The van der Waals surface area contributed by atoms with Gasteiger partial charge in [-0.05, 0) is 0 Å². The fourth-order valence-corrected chi connectivity index (χ4v) is 1.01. The Labute approximate surface area is 68.2 Å². The molecule has 0 bridgehead atoms. The minimum absolute atomic E-state index is 0.499. The molecule has 1 atom stereocenters. The summed E-state index contributed by atoms with van der Waals surface area (Å²) in [5.41, 5.74) is 0.800. The number of benzene rings is 1. The van der Waals surface area contributed by atoms with Gasteiger partial charge in [0, 0.05) is 10.7 Å². The van der Waals surface area contributed by atoms with E-state index in [2.05, 4.69) is 0 Å². The van der Waals surface area contributed by atoms with Crippen LogP contribution in [0.4, 0.5) is 0 Å². The van der Waals surface area contributed by atoms with Gasteiger partial charge in [0.25, 0.3) is 6.23 Å². The van der Waals surface area contributed by atoms with Gasteiger partial charge >= 0.3 is 0 Å². The van der Waals surface area contributed by atoms with E-state index in [1.807, 2.05) is 18.2 Å². The second kappa shape index (κ2) is 2.46. The van der Waals surface area contributed by atoms with Crippen molar-refractivity contribution in [3.8, 4) is 0 Å². The summed E-state index contributed by atoms with van der Waals surface area (Å²) in [6.07, 6.45) is -0.499. The summed E-state index contributed by atoms with van der Waals surface area (Å²) in [6.45, 7) is 0. The van der Waals surface area contributed by atoms with Crippen molar-refractivity contribution in [1.29, 1.82) is 0 Å². The molecule has 5 heteroatoms. The van der Waals surface area contributed by atoms with Crippen LogP contribution in [0.1, 0.15) is 11.8 Å². The topological polar surface area (TPSA) is 58.7 Å². The molecule has 12 heavy (non-hydrogen) atoms. The molecule has 5 nitrogen and oxygen atoms in total. The van der Waals surface area contributed by atoms with Crippen molar-refractivity contribution in [2.24, 2.45) is 0 Å². The summed E-state index contributed by atoms with van der Waals surface area (Å²) in [5.74, 6) is 0. The first-order chi connectivity index (χ1) is 5.79. The molecule has 0 aromatic heterocycles. The van der Waals surface area contributed by atoms with Crippen LogP contribution < -0.4 is 0 Å². The van der Waals surface area contributed by atoms with E-state index in [0.29, 0.717) is 0 Å². The van der Waals surface area contributed by atoms with E-state index in [0.717, 1.165) is 10.7 Å². The summed E-state index contributed by atoms with van der Waals surface area (Å²) in [6, 6.07) is 9.05. The number of hydrazine groups is 1. The summed E-state index contributed by atoms with van der Waals surface area (Å²) in [5, 5.41) is 10.3. The smallest absolute Gasteiger partial charge is 0.233 e. The van der Waals surface area contributed by atoms with Gasteiger partial charge in [-0.1, -0.05) is 30.3 Å². The Morgan fingerprint density at radius 2 is 2.08 bits per heavy atom. The molecule has 1 aliphatic heterocycles. The maximum atomic E-state index is 10.2. The van der Waals surface area contributed by atoms with E-state index < -0.39 is 11.3 Å². The Hall–Kier alpha value is -1.62. The third-order valence-electron chi connectivity index (χ3n) is 1.61. The van der Waals surface area contributed by atoms with Crippen LogP contribution in [0.2, 0.25) is 0 Å². The lowest BCUT2D eigenvalue weighted by molar-refractivity contribution is -0.654. The van der Waals surface area contributed by atoms with E-state index in [-0.39, 0.29) is 0 Å². The molecule has 0 radical (unpaired) electrons. The lowest BCUT2D eigenvalue weighted by atomic mass is 10.2. The highest BCUT2D eigenvalue weighted by molar-refractivity contribution is 5.17. The number of hydrogen-bond donors (Lipinski definition) is 0. The van der Waals surface area contributed by atoms with E-state index in [1.54, 1.807) is 12.1 Å². The van der Waals surface area contributed by atoms with Crippen molar-refractivity contribution in [2.45, 2.75) is 6.23 Å². The zero-order valence-electron chi connectivity index (χ0n) is 6.08. The Balaban J connectivity index is 2.11. The van der Waals surface area contributed by atoms with Crippen LogP contribution >= 0.6 is 0 Å². The van der Waals surface area contributed by atoms with Crippen LogP contribution in [0.15, 0.2) is 30.3 Å². The SMILES string of the molecule is O=[N+]([O-])N1OC1c1ccccc1. The molecule has 1 aliphatic rings. The molecular formula is C7H6N2O3. The van der Waals surface area contributed by atoms with Crippen molar-refractivity contribution >= 4 is 0 Å². The van der Waals surface area contributed by atoms with Gasteiger partial charge < -0.3 is 0 Å². The van der Waals surface area contributed by atoms with Crippen LogP contribution in [0.3, 0.4) is 0 Å². The third kappa shape index (κ3) is 1.10. The number of nitrogens with zero attached hydrogens (tertiary/aromatic N) is 2. The number of nitro groups is 1. The quantitative estimate of drug-likeness (QED) is 0.375. The first-order valence-electron chi connectivity index (χ1n) is 3.44. The fraction of sp³-hybridized carbons (Fsp3) is 0.143. The maximum absolute atomic E-state index is 10.2. The average Bonchev–Trinajstić information content (AvgIpc) is 2.84. The normalized spacial score (nSPS) is 20.7. The molecule has 2 rings (SSSR count). The fourth-order valence-electron chi connectivity index (χ4n) is 1.01. The molecule has 1 heterocycles. The molecule has 62 valence electrons. The number of hydroxylamine groups is 1. The van der Waals surface area contributed by atoms with E-state index in [9.17, 15) is 10.1 Å². The second-order valence-corrected chi connectivity index (χ2v) is 2.41. The monoisotopic (exact) mass is 166 g/mol. The molecule has 0 N–H and O–H groups in total. The minimum atomic E-state index is -0.572. The molecule has 1 aromatic rings. The van der Waals surface area contributed by atoms with Crippen LogP contribution in [0.25, 0.3) is 0 Å². The summed E-state index contributed by atoms with van der Waals surface area (Å²) in [7, 11) is 0. The standard InChI is InChI=1S/C7H6N2O3/c10-9(11)8-7(12-8)6-4-2-1-3-5-6/h1-5,7H. The average molecular weight is 166 g/mol. The van der Waals surface area contributed by atoms with Gasteiger partial charge in [0.05, 0.1) is 0 Å². The highest BCUT2D eigenvalue weighted by Gasteiger charge is 2.48. The van der Waals surface area contributed by atoms with Gasteiger partial charge in [-0.3, -0.25) is 0 Å². The van der Waals surface area contributed by atoms with Crippen molar-refractivity contribution in [3.05, 3.63) is 46.0 Å². The number of hydrogen-bond acceptors (Lipinski definition) is 3. The van der Waals surface area contributed by atoms with Gasteiger partial charge in [-0.15, -0.1) is 0 Å². The van der Waals surface area contributed by atoms with Crippen LogP contribution in [0.5, 0.6) is 0 Å². The van der Waals surface area contributed by atoms with Gasteiger partial charge in [-0.2, -0.15) is 4.84 Å². The Bertz CT molecular complexity index is 301. The Morgan fingerprint density at radius 3 is 2.58 bits per heavy atom. The second-order valence-electron chi connectivity index (χ2n) is 2.41. The molecular weight excluding hydrogens is 160 g/mol. The summed E-state index contributed by atoms with van der Waals surface area (Å²) in [4.78, 5) is 14.9. The highest BCUT2D eigenvalue weighted by atomic mass is 17.0. The molecule has 1 unspecified atom stereocenters. The molecule has 1 saturated heterocycles.